The molecule has 174 valence electrons. The number of benzene rings is 2. The highest BCUT2D eigenvalue weighted by Gasteiger charge is 2.36. The highest BCUT2D eigenvalue weighted by Crippen LogP contribution is 2.43. The van der Waals surface area contributed by atoms with Crippen molar-refractivity contribution in [2.24, 2.45) is 0 Å². The minimum atomic E-state index is -0.754. The second-order valence-electron chi connectivity index (χ2n) is 7.21. The number of hydrogen-bond acceptors (Lipinski definition) is 6. The second kappa shape index (κ2) is 11.8. The smallest absolute Gasteiger partial charge is 0.337 e. The topological polar surface area (TPSA) is 91.2 Å². The van der Waals surface area contributed by atoms with Crippen LogP contribution in [0.3, 0.4) is 0 Å². The molecule has 0 saturated carbocycles. The quantitative estimate of drug-likeness (QED) is 0.342. The van der Waals surface area contributed by atoms with Gasteiger partial charge in [0.1, 0.15) is 6.61 Å². The highest BCUT2D eigenvalue weighted by atomic mass is 35.5. The predicted octanol–water partition coefficient (Wildman–Crippen LogP) is 5.79. The van der Waals surface area contributed by atoms with E-state index in [1.165, 1.54) is 6.08 Å². The van der Waals surface area contributed by atoms with Crippen LogP contribution in [0.4, 0.5) is 5.69 Å². The fraction of sp³-hybridized carbons (Fsp3) is 0.160. The standard InChI is InChI=1S/C25H21Cl2N3O3S/c1-3-11-33-25(32)22-15(2)29-24(19(13-28)23(22)18-9-4-5-10-20(18)27)34-14-21(31)30-17-8-6-7-16(26)12-17/h3-10,12,23,29H,1,11,14H2,2H3,(H,30,31)/t23-/m0/s1. The minimum Gasteiger partial charge on any atom is -0.458 e. The van der Waals surface area contributed by atoms with Crippen molar-refractivity contribution in [1.82, 2.24) is 5.32 Å². The molecular formula is C25H21Cl2N3O3S. The molecule has 0 bridgehead atoms. The maximum Gasteiger partial charge on any atom is 0.337 e. The van der Waals surface area contributed by atoms with Crippen molar-refractivity contribution in [3.05, 3.63) is 98.7 Å². The van der Waals surface area contributed by atoms with Gasteiger partial charge in [0.15, 0.2) is 0 Å². The third-order valence-corrected chi connectivity index (χ3v) is 6.47. The van der Waals surface area contributed by atoms with E-state index in [0.717, 1.165) is 11.8 Å². The van der Waals surface area contributed by atoms with E-state index in [9.17, 15) is 14.9 Å². The lowest BCUT2D eigenvalue weighted by molar-refractivity contribution is -0.138. The van der Waals surface area contributed by atoms with Gasteiger partial charge in [-0.15, -0.1) is 0 Å². The number of nitriles is 1. The third-order valence-electron chi connectivity index (χ3n) is 4.87. The maximum atomic E-state index is 12.9. The van der Waals surface area contributed by atoms with E-state index >= 15 is 0 Å². The molecule has 1 atom stereocenters. The second-order valence-corrected chi connectivity index (χ2v) is 9.04. The predicted molar refractivity (Wildman–Crippen MR) is 136 cm³/mol. The molecule has 0 unspecified atom stereocenters. The van der Waals surface area contributed by atoms with Gasteiger partial charge in [-0.05, 0) is 36.8 Å². The first-order valence-corrected chi connectivity index (χ1v) is 11.9. The van der Waals surface area contributed by atoms with Gasteiger partial charge >= 0.3 is 5.97 Å². The Morgan fingerprint density at radius 3 is 2.71 bits per heavy atom. The van der Waals surface area contributed by atoms with Crippen molar-refractivity contribution < 1.29 is 14.3 Å². The Morgan fingerprint density at radius 2 is 2.03 bits per heavy atom. The summed E-state index contributed by atoms with van der Waals surface area (Å²) in [6.45, 7) is 5.31. The molecular weight excluding hydrogens is 493 g/mol. The minimum absolute atomic E-state index is 0.0266. The van der Waals surface area contributed by atoms with Gasteiger partial charge in [-0.25, -0.2) is 4.79 Å². The van der Waals surface area contributed by atoms with Gasteiger partial charge < -0.3 is 15.4 Å². The summed E-state index contributed by atoms with van der Waals surface area (Å²) in [4.78, 5) is 25.4. The van der Waals surface area contributed by atoms with E-state index in [2.05, 4.69) is 23.3 Å². The number of allylic oxidation sites excluding steroid dienone is 2. The number of anilines is 1. The number of dihydropyridines is 1. The molecule has 1 aliphatic rings. The number of halogens is 2. The molecule has 0 aromatic heterocycles. The summed E-state index contributed by atoms with van der Waals surface area (Å²) in [6.07, 6.45) is 1.47. The van der Waals surface area contributed by atoms with Crippen LogP contribution >= 0.6 is 35.0 Å². The van der Waals surface area contributed by atoms with E-state index in [1.807, 2.05) is 0 Å². The molecule has 0 fully saturated rings. The van der Waals surface area contributed by atoms with Gasteiger partial charge in [0.05, 0.1) is 33.9 Å². The van der Waals surface area contributed by atoms with Gasteiger partial charge in [0.2, 0.25) is 5.91 Å². The van der Waals surface area contributed by atoms with Crippen LogP contribution in [0.1, 0.15) is 18.4 Å². The molecule has 6 nitrogen and oxygen atoms in total. The molecule has 34 heavy (non-hydrogen) atoms. The zero-order valence-corrected chi connectivity index (χ0v) is 20.6. The number of amides is 1. The molecule has 2 N–H and O–H groups in total. The number of ether oxygens (including phenoxy) is 1. The molecule has 0 radical (unpaired) electrons. The first kappa shape index (κ1) is 25.4. The van der Waals surface area contributed by atoms with Crippen LogP contribution in [0.2, 0.25) is 10.0 Å². The molecule has 0 aliphatic carbocycles. The van der Waals surface area contributed by atoms with Crippen molar-refractivity contribution in [1.29, 1.82) is 5.26 Å². The van der Waals surface area contributed by atoms with Gasteiger partial charge in [-0.3, -0.25) is 4.79 Å². The lowest BCUT2D eigenvalue weighted by Crippen LogP contribution is -2.29. The number of carbonyl (C=O) groups is 2. The van der Waals surface area contributed by atoms with E-state index in [0.29, 0.717) is 32.0 Å². The molecule has 9 heteroatoms. The van der Waals surface area contributed by atoms with Crippen LogP contribution in [0.15, 0.2) is 83.1 Å². The number of esters is 1. The van der Waals surface area contributed by atoms with Crippen molar-refractivity contribution in [3.63, 3.8) is 0 Å². The molecule has 3 rings (SSSR count). The number of hydrogen-bond donors (Lipinski definition) is 2. The molecule has 2 aromatic carbocycles. The molecule has 0 saturated heterocycles. The first-order chi connectivity index (χ1) is 16.3. The fourth-order valence-corrected chi connectivity index (χ4v) is 4.76. The molecule has 1 amide bonds. The summed E-state index contributed by atoms with van der Waals surface area (Å²) in [5.41, 5.74) is 2.22. The van der Waals surface area contributed by atoms with Crippen LogP contribution in [0.5, 0.6) is 0 Å². The zero-order chi connectivity index (χ0) is 24.7. The molecule has 1 heterocycles. The van der Waals surface area contributed by atoms with Gasteiger partial charge in [-0.1, -0.05) is 71.9 Å². The van der Waals surface area contributed by atoms with Crippen molar-refractivity contribution in [2.45, 2.75) is 12.8 Å². The Labute approximate surface area is 212 Å². The number of carbonyl (C=O) groups excluding carboxylic acids is 2. The average molecular weight is 514 g/mol. The van der Waals surface area contributed by atoms with Crippen LogP contribution in [-0.4, -0.2) is 24.2 Å². The van der Waals surface area contributed by atoms with Gasteiger partial charge in [0.25, 0.3) is 0 Å². The normalized spacial score (nSPS) is 15.3. The fourth-order valence-electron chi connectivity index (χ4n) is 3.43. The molecule has 1 aliphatic heterocycles. The Kier molecular flexibility index (Phi) is 8.83. The summed E-state index contributed by atoms with van der Waals surface area (Å²) in [5.74, 6) is -1.58. The maximum absolute atomic E-state index is 12.9. The van der Waals surface area contributed by atoms with E-state index in [4.69, 9.17) is 27.9 Å². The Morgan fingerprint density at radius 1 is 1.26 bits per heavy atom. The Bertz CT molecular complexity index is 1230. The van der Waals surface area contributed by atoms with Crippen molar-refractivity contribution >= 4 is 52.5 Å². The SMILES string of the molecule is C=CCOC(=O)C1=C(C)NC(SCC(=O)Nc2cccc(Cl)c2)=C(C#N)[C@@H]1c1ccccc1Cl. The van der Waals surface area contributed by atoms with Crippen molar-refractivity contribution in [2.75, 3.05) is 17.7 Å². The average Bonchev–Trinajstić information content (AvgIpc) is 2.81. The van der Waals surface area contributed by atoms with E-state index in [1.54, 1.807) is 55.5 Å². The first-order valence-electron chi connectivity index (χ1n) is 10.2. The zero-order valence-electron chi connectivity index (χ0n) is 18.2. The Hall–Kier alpha value is -3.18. The summed E-state index contributed by atoms with van der Waals surface area (Å²) >= 11 is 13.6. The highest BCUT2D eigenvalue weighted by molar-refractivity contribution is 8.03. The molecule has 0 spiro atoms. The Balaban J connectivity index is 1.92. The third kappa shape index (κ3) is 6.03. The van der Waals surface area contributed by atoms with Gasteiger partial charge in [-0.2, -0.15) is 5.26 Å². The van der Waals surface area contributed by atoms with Gasteiger partial charge in [0, 0.05) is 21.4 Å². The lowest BCUT2D eigenvalue weighted by atomic mass is 9.82. The summed E-state index contributed by atoms with van der Waals surface area (Å²) in [5, 5.41) is 17.3. The monoisotopic (exact) mass is 513 g/mol. The van der Waals surface area contributed by atoms with Crippen LogP contribution in [-0.2, 0) is 14.3 Å². The van der Waals surface area contributed by atoms with E-state index in [-0.39, 0.29) is 29.4 Å². The van der Waals surface area contributed by atoms with Crippen LogP contribution < -0.4 is 10.6 Å². The summed E-state index contributed by atoms with van der Waals surface area (Å²) in [7, 11) is 0. The van der Waals surface area contributed by atoms with Crippen LogP contribution in [0, 0.1) is 11.3 Å². The van der Waals surface area contributed by atoms with Crippen molar-refractivity contribution in [3.8, 4) is 6.07 Å². The number of thioether (sulfide) groups is 1. The largest absolute Gasteiger partial charge is 0.458 e. The summed E-state index contributed by atoms with van der Waals surface area (Å²) in [6, 6.07) is 16.0. The van der Waals surface area contributed by atoms with E-state index < -0.39 is 11.9 Å². The van der Waals surface area contributed by atoms with Crippen LogP contribution in [0.25, 0.3) is 0 Å². The summed E-state index contributed by atoms with van der Waals surface area (Å²) < 4.78 is 5.28. The number of rotatable bonds is 8. The number of nitrogens with one attached hydrogen (secondary N) is 2. The molecule has 2 aromatic rings. The lowest BCUT2D eigenvalue weighted by Gasteiger charge is -2.29. The number of nitrogens with zero attached hydrogens (tertiary/aromatic N) is 1.